The second kappa shape index (κ2) is 8.29. The minimum absolute atomic E-state index is 0.00732. The van der Waals surface area contributed by atoms with E-state index in [9.17, 15) is 13.2 Å². The molecule has 0 aromatic heterocycles. The maximum Gasteiger partial charge on any atom is 0.322 e. The normalized spacial score (nSPS) is 17.6. The number of nitrogens with zero attached hydrogens (tertiary/aromatic N) is 1. The van der Waals surface area contributed by atoms with Crippen LogP contribution in [0, 0.1) is 0 Å². The van der Waals surface area contributed by atoms with Gasteiger partial charge in [0.1, 0.15) is 6.10 Å². The van der Waals surface area contributed by atoms with Crippen LogP contribution in [0.2, 0.25) is 5.02 Å². The van der Waals surface area contributed by atoms with Gasteiger partial charge >= 0.3 is 6.03 Å². The fourth-order valence-corrected chi connectivity index (χ4v) is 4.08. The van der Waals surface area contributed by atoms with Crippen molar-refractivity contribution in [3.05, 3.63) is 59.1 Å². The number of hydrogen-bond acceptors (Lipinski definition) is 4. The maximum atomic E-state index is 12.6. The molecule has 0 bridgehead atoms. The van der Waals surface area contributed by atoms with Crippen LogP contribution in [-0.4, -0.2) is 44.8 Å². The zero-order chi connectivity index (χ0) is 19.4. The molecule has 0 saturated carbocycles. The molecule has 8 heteroatoms. The molecule has 3 rings (SSSR count). The highest BCUT2D eigenvalue weighted by atomic mass is 35.5. The molecule has 2 amide bonds. The van der Waals surface area contributed by atoms with Crippen molar-refractivity contribution in [3.63, 3.8) is 0 Å². The third-order valence-electron chi connectivity index (χ3n) is 4.43. The molecular weight excluding hydrogens is 388 g/mol. The topological polar surface area (TPSA) is 75.7 Å². The highest BCUT2D eigenvalue weighted by Gasteiger charge is 2.27. The van der Waals surface area contributed by atoms with Crippen molar-refractivity contribution in [1.82, 2.24) is 4.90 Å². The second-order valence-corrected chi connectivity index (χ2v) is 8.87. The highest BCUT2D eigenvalue weighted by molar-refractivity contribution is 7.91. The molecule has 1 N–H and O–H groups in total. The van der Waals surface area contributed by atoms with E-state index >= 15 is 0 Å². The quantitative estimate of drug-likeness (QED) is 0.836. The average Bonchev–Trinajstić information content (AvgIpc) is 2.68. The predicted octanol–water partition coefficient (Wildman–Crippen LogP) is 3.74. The third-order valence-corrected chi connectivity index (χ3v) is 6.51. The molecule has 0 spiro atoms. The van der Waals surface area contributed by atoms with Crippen molar-refractivity contribution in [2.24, 2.45) is 0 Å². The molecule has 1 saturated heterocycles. The maximum absolute atomic E-state index is 12.6. The average molecular weight is 409 g/mol. The van der Waals surface area contributed by atoms with Crippen LogP contribution < -0.4 is 5.32 Å². The number of sulfone groups is 1. The Hall–Kier alpha value is -2.09. The van der Waals surface area contributed by atoms with Crippen LogP contribution in [-0.2, 0) is 14.6 Å². The first kappa shape index (κ1) is 19.7. The Morgan fingerprint density at radius 1 is 1.26 bits per heavy atom. The molecule has 1 unspecified atom stereocenters. The molecule has 2 aromatic rings. The lowest BCUT2D eigenvalue weighted by Crippen LogP contribution is -2.44. The molecule has 27 heavy (non-hydrogen) atoms. The van der Waals surface area contributed by atoms with Crippen LogP contribution in [0.5, 0.6) is 0 Å². The van der Waals surface area contributed by atoms with Crippen molar-refractivity contribution < 1.29 is 17.9 Å². The number of anilines is 1. The van der Waals surface area contributed by atoms with Crippen LogP contribution in [0.25, 0.3) is 0 Å². The molecule has 6 nitrogen and oxygen atoms in total. The van der Waals surface area contributed by atoms with Crippen molar-refractivity contribution >= 4 is 33.2 Å². The van der Waals surface area contributed by atoms with Gasteiger partial charge in [0.2, 0.25) is 0 Å². The summed E-state index contributed by atoms with van der Waals surface area (Å²) in [5, 5.41) is 3.37. The van der Waals surface area contributed by atoms with Gasteiger partial charge in [0.05, 0.1) is 23.8 Å². The number of halogens is 1. The van der Waals surface area contributed by atoms with Gasteiger partial charge in [-0.3, -0.25) is 0 Å². The van der Waals surface area contributed by atoms with E-state index in [1.807, 2.05) is 18.2 Å². The summed E-state index contributed by atoms with van der Waals surface area (Å²) in [6.45, 7) is 2.79. The van der Waals surface area contributed by atoms with E-state index < -0.39 is 9.84 Å². The van der Waals surface area contributed by atoms with E-state index in [4.69, 9.17) is 16.3 Å². The van der Waals surface area contributed by atoms with E-state index in [1.54, 1.807) is 30.0 Å². The number of hydrogen-bond donors (Lipinski definition) is 1. The number of nitrogens with one attached hydrogen (secondary N) is 1. The van der Waals surface area contributed by atoms with Gasteiger partial charge in [-0.25, -0.2) is 13.2 Å². The van der Waals surface area contributed by atoms with E-state index in [1.165, 1.54) is 12.1 Å². The lowest BCUT2D eigenvalue weighted by atomic mass is 10.1. The first-order chi connectivity index (χ1) is 12.9. The molecule has 1 fully saturated rings. The number of carbonyl (C=O) groups is 1. The van der Waals surface area contributed by atoms with Gasteiger partial charge in [-0.05, 0) is 24.3 Å². The van der Waals surface area contributed by atoms with Crippen molar-refractivity contribution in [2.75, 3.05) is 30.8 Å². The van der Waals surface area contributed by atoms with E-state index in [2.05, 4.69) is 5.32 Å². The molecular formula is C19H21ClN2O4S. The lowest BCUT2D eigenvalue weighted by Gasteiger charge is -2.33. The second-order valence-electron chi connectivity index (χ2n) is 6.19. The smallest absolute Gasteiger partial charge is 0.322 e. The van der Waals surface area contributed by atoms with Gasteiger partial charge in [0.15, 0.2) is 9.84 Å². The van der Waals surface area contributed by atoms with Gasteiger partial charge in [0.25, 0.3) is 0 Å². The van der Waals surface area contributed by atoms with E-state index in [0.29, 0.717) is 30.4 Å². The van der Waals surface area contributed by atoms with Gasteiger partial charge in [0, 0.05) is 22.8 Å². The summed E-state index contributed by atoms with van der Waals surface area (Å²) in [6.07, 6.45) is -0.301. The zero-order valence-corrected chi connectivity index (χ0v) is 16.5. The molecule has 0 aliphatic carbocycles. The minimum atomic E-state index is -3.33. The predicted molar refractivity (Wildman–Crippen MR) is 105 cm³/mol. The minimum Gasteiger partial charge on any atom is -0.370 e. The molecule has 144 valence electrons. The monoisotopic (exact) mass is 408 g/mol. The van der Waals surface area contributed by atoms with Crippen LogP contribution in [0.1, 0.15) is 18.6 Å². The number of morpholine rings is 1. The van der Waals surface area contributed by atoms with E-state index in [0.717, 1.165) is 5.56 Å². The summed E-state index contributed by atoms with van der Waals surface area (Å²) in [5.41, 5.74) is 1.28. The van der Waals surface area contributed by atoms with Crippen molar-refractivity contribution in [3.8, 4) is 0 Å². The fourth-order valence-electron chi connectivity index (χ4n) is 2.89. The number of amides is 2. The molecule has 2 aromatic carbocycles. The molecule has 1 aliphatic rings. The van der Waals surface area contributed by atoms with Gasteiger partial charge in [-0.1, -0.05) is 42.8 Å². The Morgan fingerprint density at radius 2 is 2.04 bits per heavy atom. The summed E-state index contributed by atoms with van der Waals surface area (Å²) in [5.74, 6) is 0.00732. The van der Waals surface area contributed by atoms with Gasteiger partial charge < -0.3 is 15.0 Å². The Kier molecular flexibility index (Phi) is 6.04. The highest BCUT2D eigenvalue weighted by Crippen LogP contribution is 2.28. The number of ether oxygens (including phenoxy) is 1. The number of rotatable bonds is 4. The summed E-state index contributed by atoms with van der Waals surface area (Å²) in [6, 6.07) is 13.4. The van der Waals surface area contributed by atoms with Crippen LogP contribution in [0.3, 0.4) is 0 Å². The molecule has 1 atom stereocenters. The molecule has 0 radical (unpaired) electrons. The van der Waals surface area contributed by atoms with Crippen LogP contribution in [0.15, 0.2) is 53.4 Å². The molecule has 1 heterocycles. The summed E-state index contributed by atoms with van der Waals surface area (Å²) >= 11 is 6.23. The SMILES string of the molecule is CCS(=O)(=O)c1cccc(NC(=O)N2CCOC(c3ccccc3Cl)C2)c1. The van der Waals surface area contributed by atoms with Gasteiger partial charge in [-0.15, -0.1) is 0 Å². The van der Waals surface area contributed by atoms with Crippen LogP contribution >= 0.6 is 11.6 Å². The Bertz CT molecular complexity index is 933. The third kappa shape index (κ3) is 4.61. The Labute approximate surface area is 164 Å². The standard InChI is InChI=1S/C19H21ClN2O4S/c1-2-27(24,25)15-7-5-6-14(12-15)21-19(23)22-10-11-26-18(13-22)16-8-3-4-9-17(16)20/h3-9,12,18H,2,10-11,13H2,1H3,(H,21,23). The number of carbonyl (C=O) groups excluding carboxylic acids is 1. The number of urea groups is 1. The zero-order valence-electron chi connectivity index (χ0n) is 14.9. The Balaban J connectivity index is 1.71. The summed E-state index contributed by atoms with van der Waals surface area (Å²) in [7, 11) is -3.33. The summed E-state index contributed by atoms with van der Waals surface area (Å²) in [4.78, 5) is 14.5. The largest absolute Gasteiger partial charge is 0.370 e. The van der Waals surface area contributed by atoms with Crippen molar-refractivity contribution in [2.45, 2.75) is 17.9 Å². The lowest BCUT2D eigenvalue weighted by molar-refractivity contribution is -0.0134. The first-order valence-corrected chi connectivity index (χ1v) is 10.7. The Morgan fingerprint density at radius 3 is 2.78 bits per heavy atom. The van der Waals surface area contributed by atoms with Crippen molar-refractivity contribution in [1.29, 1.82) is 0 Å². The number of benzene rings is 2. The van der Waals surface area contributed by atoms with Crippen LogP contribution in [0.4, 0.5) is 10.5 Å². The summed E-state index contributed by atoms with van der Waals surface area (Å²) < 4.78 is 29.8. The first-order valence-electron chi connectivity index (χ1n) is 8.65. The molecule has 1 aliphatic heterocycles. The van der Waals surface area contributed by atoms with Gasteiger partial charge in [-0.2, -0.15) is 0 Å². The fraction of sp³-hybridized carbons (Fsp3) is 0.316. The van der Waals surface area contributed by atoms with E-state index in [-0.39, 0.29) is 22.8 Å².